The van der Waals surface area contributed by atoms with Gasteiger partial charge in [0.15, 0.2) is 0 Å². The molecule has 0 saturated heterocycles. The Balaban J connectivity index is 3.25. The number of rotatable bonds is 0. The molecule has 0 aromatic carbocycles. The maximum atomic E-state index is 5.47. The van der Waals surface area contributed by atoms with Crippen LogP contribution < -0.4 is 0 Å². The number of halogens is 1. The topological polar surface area (TPSA) is 12.9 Å². The van der Waals surface area contributed by atoms with Gasteiger partial charge in [-0.1, -0.05) is 0 Å². The number of nitrogens with zero attached hydrogens (tertiary/aromatic N) is 1. The highest BCUT2D eigenvalue weighted by molar-refractivity contribution is 9.10. The molecule has 1 rings (SSSR count). The summed E-state index contributed by atoms with van der Waals surface area (Å²) in [5.74, 6) is 0. The highest BCUT2D eigenvalue weighted by atomic mass is 79.9. The van der Waals surface area contributed by atoms with Gasteiger partial charge in [0.1, 0.15) is 0 Å². The molecule has 4 radical (unpaired) electrons. The summed E-state index contributed by atoms with van der Waals surface area (Å²) in [6.07, 6.45) is 3.12. The van der Waals surface area contributed by atoms with Crippen molar-refractivity contribution in [2.24, 2.45) is 0 Å². The largest absolute Gasteiger partial charge is 0.263 e. The number of aromatic nitrogens is 1. The lowest BCUT2D eigenvalue weighted by Gasteiger charge is -1.97. The minimum absolute atomic E-state index is 0.504. The molecule has 0 atom stereocenters. The Morgan fingerprint density at radius 3 is 2.44 bits per heavy atom. The van der Waals surface area contributed by atoms with Crippen LogP contribution >= 0.6 is 15.9 Å². The Bertz CT molecular complexity index is 200. The lowest BCUT2D eigenvalue weighted by atomic mass is 10.2. The van der Waals surface area contributed by atoms with Gasteiger partial charge in [-0.05, 0) is 27.1 Å². The molecule has 0 aliphatic carbocycles. The Kier molecular flexibility index (Phi) is 1.86. The Morgan fingerprint density at radius 2 is 2.00 bits per heavy atom. The van der Waals surface area contributed by atoms with E-state index in [0.29, 0.717) is 11.1 Å². The van der Waals surface area contributed by atoms with Crippen LogP contribution in [0.15, 0.2) is 16.9 Å². The van der Waals surface area contributed by atoms with Gasteiger partial charge in [-0.3, -0.25) is 4.98 Å². The first kappa shape index (κ1) is 6.75. The summed E-state index contributed by atoms with van der Waals surface area (Å²) in [6.45, 7) is 10.9. The lowest BCUT2D eigenvalue weighted by molar-refractivity contribution is 1.26. The van der Waals surface area contributed by atoms with Crippen LogP contribution in [0, 0.1) is 13.8 Å². The van der Waals surface area contributed by atoms with Gasteiger partial charge in [0.2, 0.25) is 0 Å². The summed E-state index contributed by atoms with van der Waals surface area (Å²) < 4.78 is 0.738. The predicted octanol–water partition coefficient (Wildman–Crippen LogP) is 1.96. The minimum Gasteiger partial charge on any atom is -0.263 e. The Hall–Kier alpha value is -0.370. The van der Waals surface area contributed by atoms with Gasteiger partial charge in [0.25, 0.3) is 0 Å². The maximum Gasteiger partial charge on any atom is 0.0413 e. The first-order valence-corrected chi connectivity index (χ1v) is 3.15. The second-order valence-electron chi connectivity index (χ2n) is 1.62. The van der Waals surface area contributed by atoms with Gasteiger partial charge in [0.05, 0.1) is 0 Å². The van der Waals surface area contributed by atoms with E-state index in [1.54, 1.807) is 6.20 Å². The van der Waals surface area contributed by atoms with Gasteiger partial charge in [-0.25, -0.2) is 0 Å². The molecule has 0 saturated carbocycles. The van der Waals surface area contributed by atoms with E-state index in [-0.39, 0.29) is 0 Å². The second-order valence-corrected chi connectivity index (χ2v) is 2.48. The molecule has 0 spiro atoms. The molecular weight excluding hydrogens is 178 g/mol. The van der Waals surface area contributed by atoms with Gasteiger partial charge in [-0.2, -0.15) is 0 Å². The van der Waals surface area contributed by atoms with E-state index < -0.39 is 0 Å². The van der Waals surface area contributed by atoms with Crippen molar-refractivity contribution in [1.82, 2.24) is 4.98 Å². The lowest BCUT2D eigenvalue weighted by Crippen LogP contribution is -1.83. The van der Waals surface area contributed by atoms with Crippen LogP contribution in [0.25, 0.3) is 0 Å². The van der Waals surface area contributed by atoms with E-state index in [2.05, 4.69) is 20.9 Å². The number of hydrogen-bond acceptors (Lipinski definition) is 1. The number of hydrogen-bond donors (Lipinski definition) is 0. The standard InChI is InChI=1S/C7H4BrN/c1-5-3-9-4-7(8)6(5)2/h1-4H. The van der Waals surface area contributed by atoms with E-state index >= 15 is 0 Å². The van der Waals surface area contributed by atoms with E-state index in [1.165, 1.54) is 6.20 Å². The first-order valence-electron chi connectivity index (χ1n) is 2.36. The smallest absolute Gasteiger partial charge is 0.0413 e. The summed E-state index contributed by atoms with van der Waals surface area (Å²) >= 11 is 3.18. The van der Waals surface area contributed by atoms with Crippen molar-refractivity contribution in [1.29, 1.82) is 0 Å². The molecule has 0 amide bonds. The maximum absolute atomic E-state index is 5.47. The first-order chi connectivity index (χ1) is 4.22. The van der Waals surface area contributed by atoms with Crippen LogP contribution in [0.2, 0.25) is 0 Å². The molecule has 0 bridgehead atoms. The van der Waals surface area contributed by atoms with Crippen LogP contribution in [0.3, 0.4) is 0 Å². The fourth-order valence-electron chi connectivity index (χ4n) is 0.460. The molecule has 9 heavy (non-hydrogen) atoms. The van der Waals surface area contributed by atoms with Crippen LogP contribution in [0.1, 0.15) is 11.1 Å². The van der Waals surface area contributed by atoms with E-state index in [9.17, 15) is 0 Å². The van der Waals surface area contributed by atoms with Crippen molar-refractivity contribution in [2.45, 2.75) is 0 Å². The average molecular weight is 182 g/mol. The van der Waals surface area contributed by atoms with Crippen molar-refractivity contribution >= 4 is 15.9 Å². The van der Waals surface area contributed by atoms with Gasteiger partial charge < -0.3 is 0 Å². The zero-order valence-electron chi connectivity index (χ0n) is 4.63. The molecule has 1 aromatic heterocycles. The third-order valence-corrected chi connectivity index (χ3v) is 1.60. The minimum atomic E-state index is 0.504. The van der Waals surface area contributed by atoms with Gasteiger partial charge >= 0.3 is 0 Å². The van der Waals surface area contributed by atoms with Gasteiger partial charge in [-0.15, -0.1) is 0 Å². The zero-order valence-corrected chi connectivity index (χ0v) is 6.22. The second kappa shape index (κ2) is 2.48. The predicted molar refractivity (Wildman–Crippen MR) is 38.7 cm³/mol. The fourth-order valence-corrected chi connectivity index (χ4v) is 0.807. The molecule has 0 aliphatic heterocycles. The van der Waals surface area contributed by atoms with Crippen LogP contribution in [-0.4, -0.2) is 4.98 Å². The summed E-state index contributed by atoms with van der Waals surface area (Å²) in [5.41, 5.74) is 1.05. The summed E-state index contributed by atoms with van der Waals surface area (Å²) in [4.78, 5) is 3.79. The molecule has 1 heterocycles. The van der Waals surface area contributed by atoms with E-state index in [4.69, 9.17) is 13.8 Å². The summed E-state index contributed by atoms with van der Waals surface area (Å²) in [7, 11) is 0. The van der Waals surface area contributed by atoms with Gasteiger partial charge in [0, 0.05) is 30.7 Å². The molecule has 1 aromatic rings. The Morgan fingerprint density at radius 1 is 1.33 bits per heavy atom. The van der Waals surface area contributed by atoms with Crippen molar-refractivity contribution in [3.8, 4) is 0 Å². The Labute approximate surface area is 63.2 Å². The highest BCUT2D eigenvalue weighted by Crippen LogP contribution is 2.16. The third-order valence-electron chi connectivity index (χ3n) is 0.970. The van der Waals surface area contributed by atoms with E-state index in [1.807, 2.05) is 0 Å². The molecule has 0 unspecified atom stereocenters. The molecule has 44 valence electrons. The molecule has 0 aliphatic rings. The summed E-state index contributed by atoms with van der Waals surface area (Å²) in [5, 5.41) is 0. The monoisotopic (exact) mass is 181 g/mol. The van der Waals surface area contributed by atoms with Crippen LogP contribution in [0.4, 0.5) is 0 Å². The molecule has 2 heteroatoms. The van der Waals surface area contributed by atoms with Crippen molar-refractivity contribution in [3.05, 3.63) is 41.8 Å². The normalized spacial score (nSPS) is 9.67. The SMILES string of the molecule is [CH]c1cncc(Br)c1[CH]. The fraction of sp³-hybridized carbons (Fsp3) is 0. The van der Waals surface area contributed by atoms with Crippen LogP contribution in [-0.2, 0) is 0 Å². The molecule has 1 nitrogen and oxygen atoms in total. The zero-order chi connectivity index (χ0) is 6.85. The van der Waals surface area contributed by atoms with Crippen molar-refractivity contribution in [2.75, 3.05) is 0 Å². The molecular formula is C7H4BrN. The quantitative estimate of drug-likeness (QED) is 0.597. The van der Waals surface area contributed by atoms with Crippen LogP contribution in [0.5, 0.6) is 0 Å². The third kappa shape index (κ3) is 1.30. The summed E-state index contributed by atoms with van der Waals surface area (Å²) in [6, 6.07) is 0. The van der Waals surface area contributed by atoms with Crippen molar-refractivity contribution < 1.29 is 0 Å². The average Bonchev–Trinajstić information content (AvgIpc) is 1.83. The van der Waals surface area contributed by atoms with E-state index in [0.717, 1.165) is 4.47 Å². The highest BCUT2D eigenvalue weighted by Gasteiger charge is 1.95. The molecule has 0 fully saturated rings. The number of pyridine rings is 1. The molecule has 0 N–H and O–H groups in total. The van der Waals surface area contributed by atoms with Crippen molar-refractivity contribution in [3.63, 3.8) is 0 Å².